The lowest BCUT2D eigenvalue weighted by atomic mass is 10.0. The van der Waals surface area contributed by atoms with Crippen molar-refractivity contribution in [3.05, 3.63) is 101 Å². The molecule has 0 radical (unpaired) electrons. The first-order valence-corrected chi connectivity index (χ1v) is 9.89. The van der Waals surface area contributed by atoms with Crippen LogP contribution in [0.3, 0.4) is 0 Å². The summed E-state index contributed by atoms with van der Waals surface area (Å²) in [6.07, 6.45) is 0.778. The molecule has 0 fully saturated rings. The van der Waals surface area contributed by atoms with Gasteiger partial charge in [-0.3, -0.25) is 4.79 Å². The van der Waals surface area contributed by atoms with Crippen LogP contribution in [0.15, 0.2) is 78.9 Å². The van der Waals surface area contributed by atoms with Crippen LogP contribution in [0.1, 0.15) is 22.3 Å². The molecule has 0 aromatic heterocycles. The van der Waals surface area contributed by atoms with E-state index in [1.807, 2.05) is 60.7 Å². The molecule has 3 rings (SSSR count). The van der Waals surface area contributed by atoms with Crippen molar-refractivity contribution in [2.24, 2.45) is 0 Å². The lowest BCUT2D eigenvalue weighted by molar-refractivity contribution is -0.113. The average molecular weight is 372 g/mol. The summed E-state index contributed by atoms with van der Waals surface area (Å²) in [5, 5.41) is 12.2. The second-order valence-electron chi connectivity index (χ2n) is 6.13. The predicted octanol–water partition coefficient (Wildman–Crippen LogP) is 5.02. The highest BCUT2D eigenvalue weighted by Crippen LogP contribution is 2.20. The molecule has 27 heavy (non-hydrogen) atoms. The van der Waals surface area contributed by atoms with E-state index in [-0.39, 0.29) is 5.91 Å². The number of thioether (sulfide) groups is 1. The number of nitrogens with zero attached hydrogens (tertiary/aromatic N) is 1. The fourth-order valence-electron chi connectivity index (χ4n) is 2.81. The number of anilines is 1. The molecule has 0 spiro atoms. The highest BCUT2D eigenvalue weighted by molar-refractivity contribution is 7.99. The molecular formula is C23H20N2OS. The van der Waals surface area contributed by atoms with Gasteiger partial charge in [0.05, 0.1) is 17.4 Å². The van der Waals surface area contributed by atoms with Crippen molar-refractivity contribution in [3.8, 4) is 6.07 Å². The quantitative estimate of drug-likeness (QED) is 0.633. The zero-order valence-corrected chi connectivity index (χ0v) is 15.7. The van der Waals surface area contributed by atoms with E-state index < -0.39 is 0 Å². The van der Waals surface area contributed by atoms with E-state index in [0.29, 0.717) is 17.1 Å². The Balaban J connectivity index is 1.57. The van der Waals surface area contributed by atoms with Gasteiger partial charge in [-0.25, -0.2) is 0 Å². The Morgan fingerprint density at radius 1 is 0.889 bits per heavy atom. The van der Waals surface area contributed by atoms with Gasteiger partial charge in [0.25, 0.3) is 0 Å². The minimum atomic E-state index is -0.0325. The number of carbonyl (C=O) groups is 1. The monoisotopic (exact) mass is 372 g/mol. The lowest BCUT2D eigenvalue weighted by Gasteiger charge is -2.11. The van der Waals surface area contributed by atoms with Crippen molar-refractivity contribution in [2.75, 3.05) is 11.1 Å². The first-order valence-electron chi connectivity index (χ1n) is 8.73. The van der Waals surface area contributed by atoms with E-state index in [9.17, 15) is 4.79 Å². The number of amides is 1. The maximum Gasteiger partial charge on any atom is 0.234 e. The highest BCUT2D eigenvalue weighted by Gasteiger charge is 2.08. The molecule has 0 saturated heterocycles. The summed E-state index contributed by atoms with van der Waals surface area (Å²) in [4.78, 5) is 12.4. The fraction of sp³-hybridized carbons (Fsp3) is 0.130. The van der Waals surface area contributed by atoms with Crippen molar-refractivity contribution in [3.63, 3.8) is 0 Å². The molecule has 0 aliphatic heterocycles. The van der Waals surface area contributed by atoms with Crippen LogP contribution in [0.4, 0.5) is 5.69 Å². The lowest BCUT2D eigenvalue weighted by Crippen LogP contribution is -2.15. The van der Waals surface area contributed by atoms with E-state index in [0.717, 1.165) is 23.2 Å². The summed E-state index contributed by atoms with van der Waals surface area (Å²) in [6.45, 7) is 0. The third-order valence-corrected chi connectivity index (χ3v) is 5.14. The van der Waals surface area contributed by atoms with Crippen LogP contribution in [-0.4, -0.2) is 11.7 Å². The van der Waals surface area contributed by atoms with Crippen molar-refractivity contribution in [1.29, 1.82) is 5.26 Å². The van der Waals surface area contributed by atoms with Crippen LogP contribution in [-0.2, 0) is 17.0 Å². The summed E-state index contributed by atoms with van der Waals surface area (Å²) in [5.74, 6) is 0.956. The smallest absolute Gasteiger partial charge is 0.234 e. The molecule has 1 amide bonds. The molecule has 3 aromatic rings. The van der Waals surface area contributed by atoms with Gasteiger partial charge in [0.1, 0.15) is 0 Å². The number of hydrogen-bond donors (Lipinski definition) is 1. The third kappa shape index (κ3) is 5.47. The van der Waals surface area contributed by atoms with Gasteiger partial charge in [0.2, 0.25) is 5.91 Å². The Bertz CT molecular complexity index is 948. The predicted molar refractivity (Wildman–Crippen MR) is 112 cm³/mol. The topological polar surface area (TPSA) is 52.9 Å². The fourth-order valence-corrected chi connectivity index (χ4v) is 3.64. The summed E-state index contributed by atoms with van der Waals surface area (Å²) in [5.41, 5.74) is 4.78. The SMILES string of the molecule is N#Cc1ccccc1CSCC(=O)Nc1ccccc1Cc1ccccc1. The van der Waals surface area contributed by atoms with E-state index in [4.69, 9.17) is 5.26 Å². The molecule has 134 valence electrons. The van der Waals surface area contributed by atoms with Crippen LogP contribution in [0, 0.1) is 11.3 Å². The molecule has 4 heteroatoms. The molecule has 3 nitrogen and oxygen atoms in total. The summed E-state index contributed by atoms with van der Waals surface area (Å²) >= 11 is 1.51. The van der Waals surface area contributed by atoms with Gasteiger partial charge in [-0.05, 0) is 35.2 Å². The Labute approximate surface area is 164 Å². The van der Waals surface area contributed by atoms with Crippen LogP contribution in [0.2, 0.25) is 0 Å². The zero-order chi connectivity index (χ0) is 18.9. The molecular weight excluding hydrogens is 352 g/mol. The van der Waals surface area contributed by atoms with Crippen molar-refractivity contribution in [1.82, 2.24) is 0 Å². The van der Waals surface area contributed by atoms with E-state index in [1.54, 1.807) is 6.07 Å². The van der Waals surface area contributed by atoms with Gasteiger partial charge in [-0.15, -0.1) is 11.8 Å². The van der Waals surface area contributed by atoms with E-state index >= 15 is 0 Å². The molecule has 0 saturated carbocycles. The molecule has 0 heterocycles. The molecule has 0 aliphatic rings. The minimum absolute atomic E-state index is 0.0325. The summed E-state index contributed by atoms with van der Waals surface area (Å²) in [6, 6.07) is 27.8. The average Bonchev–Trinajstić information content (AvgIpc) is 2.70. The van der Waals surface area contributed by atoms with E-state index in [2.05, 4.69) is 23.5 Å². The Hall–Kier alpha value is -3.03. The number of hydrogen-bond acceptors (Lipinski definition) is 3. The molecule has 0 aliphatic carbocycles. The summed E-state index contributed by atoms with van der Waals surface area (Å²) in [7, 11) is 0. The largest absolute Gasteiger partial charge is 0.325 e. The Morgan fingerprint density at radius 3 is 2.33 bits per heavy atom. The number of carbonyl (C=O) groups excluding carboxylic acids is 1. The van der Waals surface area contributed by atoms with Gasteiger partial charge < -0.3 is 5.32 Å². The molecule has 3 aromatic carbocycles. The van der Waals surface area contributed by atoms with Crippen molar-refractivity contribution in [2.45, 2.75) is 12.2 Å². The standard InChI is InChI=1S/C23H20N2OS/c24-15-20-11-4-5-12-21(20)16-27-17-23(26)25-22-13-7-6-10-19(22)14-18-8-2-1-3-9-18/h1-13H,14,16-17H2,(H,25,26). The normalized spacial score (nSPS) is 10.2. The first kappa shape index (κ1) is 18.8. The number of nitrogens with one attached hydrogen (secondary N) is 1. The van der Waals surface area contributed by atoms with Gasteiger partial charge in [-0.1, -0.05) is 66.7 Å². The number of nitriles is 1. The van der Waals surface area contributed by atoms with Gasteiger partial charge in [0, 0.05) is 11.4 Å². The number of benzene rings is 3. The molecule has 0 atom stereocenters. The molecule has 0 bridgehead atoms. The minimum Gasteiger partial charge on any atom is -0.325 e. The van der Waals surface area contributed by atoms with Crippen LogP contribution >= 0.6 is 11.8 Å². The number of rotatable bonds is 7. The van der Waals surface area contributed by atoms with Crippen LogP contribution in [0.25, 0.3) is 0 Å². The maximum absolute atomic E-state index is 12.4. The van der Waals surface area contributed by atoms with Crippen molar-refractivity contribution < 1.29 is 4.79 Å². The van der Waals surface area contributed by atoms with Gasteiger partial charge in [0.15, 0.2) is 0 Å². The highest BCUT2D eigenvalue weighted by atomic mass is 32.2. The molecule has 1 N–H and O–H groups in total. The Morgan fingerprint density at radius 2 is 1.56 bits per heavy atom. The van der Waals surface area contributed by atoms with Crippen LogP contribution in [0.5, 0.6) is 0 Å². The Kier molecular flexibility index (Phi) is 6.67. The zero-order valence-electron chi connectivity index (χ0n) is 14.9. The third-order valence-electron chi connectivity index (χ3n) is 4.16. The second-order valence-corrected chi connectivity index (χ2v) is 7.12. The second kappa shape index (κ2) is 9.61. The molecule has 0 unspecified atom stereocenters. The van der Waals surface area contributed by atoms with Crippen molar-refractivity contribution >= 4 is 23.4 Å². The first-order chi connectivity index (χ1) is 13.3. The number of para-hydroxylation sites is 1. The maximum atomic E-state index is 12.4. The summed E-state index contributed by atoms with van der Waals surface area (Å²) < 4.78 is 0. The van der Waals surface area contributed by atoms with Gasteiger partial charge >= 0.3 is 0 Å². The van der Waals surface area contributed by atoms with Gasteiger partial charge in [-0.2, -0.15) is 5.26 Å². The van der Waals surface area contributed by atoms with Crippen LogP contribution < -0.4 is 5.32 Å². The van der Waals surface area contributed by atoms with E-state index in [1.165, 1.54) is 17.3 Å².